The maximum atomic E-state index is 5.59. The molecule has 0 radical (unpaired) electrons. The minimum atomic E-state index is 0.443. The number of hydrogen-bond acceptors (Lipinski definition) is 2. The Hall–Kier alpha value is -0.380. The van der Waals surface area contributed by atoms with Gasteiger partial charge < -0.3 is 10.1 Å². The number of hydrogen-bond donors (Lipinski definition) is 1. The van der Waals surface area contributed by atoms with Gasteiger partial charge in [-0.2, -0.15) is 0 Å². The average molecular weight is 328 g/mol. The van der Waals surface area contributed by atoms with Gasteiger partial charge in [0.1, 0.15) is 0 Å². The van der Waals surface area contributed by atoms with Crippen molar-refractivity contribution < 1.29 is 4.74 Å². The molecular weight excluding hydrogens is 302 g/mol. The van der Waals surface area contributed by atoms with Crippen LogP contribution in [-0.4, -0.2) is 19.8 Å². The molecule has 1 rings (SSSR count). The third-order valence-electron chi connectivity index (χ3n) is 2.99. The minimum absolute atomic E-state index is 0.443. The highest BCUT2D eigenvalue weighted by Gasteiger charge is 2.07. The summed E-state index contributed by atoms with van der Waals surface area (Å²) in [5, 5.41) is 3.60. The summed E-state index contributed by atoms with van der Waals surface area (Å²) in [6.45, 7) is 9.30. The van der Waals surface area contributed by atoms with E-state index < -0.39 is 0 Å². The maximum Gasteiger partial charge on any atom is 0.0489 e. The van der Waals surface area contributed by atoms with E-state index in [1.807, 2.05) is 0 Å². The van der Waals surface area contributed by atoms with E-state index in [2.05, 4.69) is 66.3 Å². The van der Waals surface area contributed by atoms with Gasteiger partial charge in [0, 0.05) is 23.7 Å². The van der Waals surface area contributed by atoms with E-state index in [-0.39, 0.29) is 0 Å². The van der Waals surface area contributed by atoms with Crippen molar-refractivity contribution in [2.45, 2.75) is 39.7 Å². The largest absolute Gasteiger partial charge is 0.381 e. The smallest absolute Gasteiger partial charge is 0.0489 e. The van der Waals surface area contributed by atoms with Gasteiger partial charge in [0.05, 0.1) is 0 Å². The molecule has 19 heavy (non-hydrogen) atoms. The van der Waals surface area contributed by atoms with E-state index in [4.69, 9.17) is 4.74 Å². The van der Waals surface area contributed by atoms with Crippen molar-refractivity contribution in [2.75, 3.05) is 19.8 Å². The van der Waals surface area contributed by atoms with Crippen LogP contribution in [0.4, 0.5) is 0 Å². The van der Waals surface area contributed by atoms with E-state index in [1.165, 1.54) is 5.56 Å². The summed E-state index contributed by atoms with van der Waals surface area (Å²) >= 11 is 3.47. The highest BCUT2D eigenvalue weighted by atomic mass is 79.9. The Balaban J connectivity index is 2.24. The molecule has 0 saturated heterocycles. The van der Waals surface area contributed by atoms with Crippen LogP contribution in [0, 0.1) is 5.92 Å². The summed E-state index contributed by atoms with van der Waals surface area (Å²) in [6.07, 6.45) is 2.17. The van der Waals surface area contributed by atoms with E-state index >= 15 is 0 Å². The van der Waals surface area contributed by atoms with Crippen molar-refractivity contribution >= 4 is 15.9 Å². The maximum absolute atomic E-state index is 5.59. The quantitative estimate of drug-likeness (QED) is 0.671. The second-order valence-electron chi connectivity index (χ2n) is 5.29. The van der Waals surface area contributed by atoms with Crippen LogP contribution >= 0.6 is 15.9 Å². The first-order valence-electron chi connectivity index (χ1n) is 7.20. The second kappa shape index (κ2) is 9.51. The lowest BCUT2D eigenvalue weighted by Gasteiger charge is -2.17. The number of benzene rings is 1. The van der Waals surface area contributed by atoms with Gasteiger partial charge in [0.2, 0.25) is 0 Å². The van der Waals surface area contributed by atoms with Gasteiger partial charge in [-0.3, -0.25) is 0 Å². The normalized spacial score (nSPS) is 12.9. The number of ether oxygens (including phenoxy) is 1. The average Bonchev–Trinajstić information content (AvgIpc) is 2.39. The van der Waals surface area contributed by atoms with Crippen LogP contribution in [0.25, 0.3) is 0 Å². The van der Waals surface area contributed by atoms with Crippen LogP contribution in [0.3, 0.4) is 0 Å². The minimum Gasteiger partial charge on any atom is -0.381 e. The zero-order chi connectivity index (χ0) is 14.1. The number of halogens is 1. The molecule has 0 amide bonds. The first-order valence-corrected chi connectivity index (χ1v) is 7.99. The Labute approximate surface area is 126 Å². The molecule has 1 aromatic rings. The molecule has 0 aliphatic carbocycles. The van der Waals surface area contributed by atoms with E-state index in [0.29, 0.717) is 12.0 Å². The van der Waals surface area contributed by atoms with Crippen LogP contribution in [0.1, 0.15) is 45.2 Å². The molecule has 3 heteroatoms. The fourth-order valence-corrected chi connectivity index (χ4v) is 2.23. The summed E-state index contributed by atoms with van der Waals surface area (Å²) in [5.41, 5.74) is 1.36. The molecule has 1 unspecified atom stereocenters. The van der Waals surface area contributed by atoms with Gasteiger partial charge in [-0.25, -0.2) is 0 Å². The molecule has 0 aliphatic rings. The summed E-state index contributed by atoms with van der Waals surface area (Å²) in [6, 6.07) is 9.01. The summed E-state index contributed by atoms with van der Waals surface area (Å²) < 4.78 is 6.72. The highest BCUT2D eigenvalue weighted by molar-refractivity contribution is 9.10. The Kier molecular flexibility index (Phi) is 8.35. The highest BCUT2D eigenvalue weighted by Crippen LogP contribution is 2.19. The van der Waals surface area contributed by atoms with Crippen LogP contribution in [0.2, 0.25) is 0 Å². The lowest BCUT2D eigenvalue weighted by atomic mass is 10.0. The van der Waals surface area contributed by atoms with E-state index in [9.17, 15) is 0 Å². The standard InChI is InChI=1S/C16H26BrNO/c1-4-16(14-6-8-15(17)9-7-14)18-10-5-11-19-12-13(2)3/h6-9,13,16,18H,4-5,10-12H2,1-3H3. The summed E-state index contributed by atoms with van der Waals surface area (Å²) in [4.78, 5) is 0. The third-order valence-corrected chi connectivity index (χ3v) is 3.52. The number of rotatable bonds is 9. The lowest BCUT2D eigenvalue weighted by Crippen LogP contribution is -2.23. The van der Waals surface area contributed by atoms with Gasteiger partial charge >= 0.3 is 0 Å². The second-order valence-corrected chi connectivity index (χ2v) is 6.20. The van der Waals surface area contributed by atoms with Gasteiger partial charge in [-0.15, -0.1) is 0 Å². The monoisotopic (exact) mass is 327 g/mol. The molecule has 0 saturated carbocycles. The van der Waals surface area contributed by atoms with Gasteiger partial charge in [0.25, 0.3) is 0 Å². The molecule has 0 fully saturated rings. The Morgan fingerprint density at radius 2 is 1.89 bits per heavy atom. The molecule has 1 atom stereocenters. The predicted octanol–water partition coefficient (Wildman–Crippen LogP) is 4.55. The van der Waals surface area contributed by atoms with E-state index in [1.54, 1.807) is 0 Å². The van der Waals surface area contributed by atoms with Crippen molar-refractivity contribution in [2.24, 2.45) is 5.92 Å². The van der Waals surface area contributed by atoms with Crippen LogP contribution in [-0.2, 0) is 4.74 Å². The first kappa shape index (κ1) is 16.7. The van der Waals surface area contributed by atoms with Crippen molar-refractivity contribution in [3.05, 3.63) is 34.3 Å². The zero-order valence-electron chi connectivity index (χ0n) is 12.3. The summed E-state index contributed by atoms with van der Waals surface area (Å²) in [7, 11) is 0. The molecule has 0 bridgehead atoms. The van der Waals surface area contributed by atoms with Crippen molar-refractivity contribution in [3.8, 4) is 0 Å². The summed E-state index contributed by atoms with van der Waals surface area (Å²) in [5.74, 6) is 0.624. The predicted molar refractivity (Wildman–Crippen MR) is 85.5 cm³/mol. The van der Waals surface area contributed by atoms with Gasteiger partial charge in [0.15, 0.2) is 0 Å². The molecule has 1 N–H and O–H groups in total. The Morgan fingerprint density at radius 3 is 2.47 bits per heavy atom. The SMILES string of the molecule is CCC(NCCCOCC(C)C)c1ccc(Br)cc1. The van der Waals surface area contributed by atoms with Crippen molar-refractivity contribution in [3.63, 3.8) is 0 Å². The van der Waals surface area contributed by atoms with Crippen LogP contribution < -0.4 is 5.32 Å². The van der Waals surface area contributed by atoms with Crippen molar-refractivity contribution in [1.82, 2.24) is 5.32 Å². The van der Waals surface area contributed by atoms with Crippen molar-refractivity contribution in [1.29, 1.82) is 0 Å². The fraction of sp³-hybridized carbons (Fsp3) is 0.625. The van der Waals surface area contributed by atoms with Gasteiger partial charge in [-0.1, -0.05) is 48.8 Å². The Morgan fingerprint density at radius 1 is 1.21 bits per heavy atom. The zero-order valence-corrected chi connectivity index (χ0v) is 13.9. The third kappa shape index (κ3) is 7.09. The number of nitrogens with one attached hydrogen (secondary N) is 1. The molecule has 1 aromatic carbocycles. The van der Waals surface area contributed by atoms with E-state index in [0.717, 1.165) is 37.1 Å². The fourth-order valence-electron chi connectivity index (χ4n) is 1.96. The topological polar surface area (TPSA) is 21.3 Å². The molecule has 0 spiro atoms. The van der Waals surface area contributed by atoms with Gasteiger partial charge in [-0.05, 0) is 43.0 Å². The van der Waals surface area contributed by atoms with Crippen LogP contribution in [0.5, 0.6) is 0 Å². The molecule has 0 heterocycles. The van der Waals surface area contributed by atoms with Crippen LogP contribution in [0.15, 0.2) is 28.7 Å². The lowest BCUT2D eigenvalue weighted by molar-refractivity contribution is 0.107. The molecule has 2 nitrogen and oxygen atoms in total. The Bertz CT molecular complexity index is 337. The molecule has 0 aromatic heterocycles. The molecular formula is C16H26BrNO. The first-order chi connectivity index (χ1) is 9.13. The molecule has 108 valence electrons. The molecule has 0 aliphatic heterocycles.